The highest BCUT2D eigenvalue weighted by molar-refractivity contribution is 7.92. The zero-order valence-electron chi connectivity index (χ0n) is 17.0. The van der Waals surface area contributed by atoms with Gasteiger partial charge in [0.1, 0.15) is 16.8 Å². The number of ether oxygens (including phenoxy) is 1. The maximum Gasteiger partial charge on any atom is 0.245 e. The first-order valence-corrected chi connectivity index (χ1v) is 11.1. The Morgan fingerprint density at radius 1 is 1.13 bits per heavy atom. The summed E-state index contributed by atoms with van der Waals surface area (Å²) in [5, 5.41) is 2.59. The van der Waals surface area contributed by atoms with Gasteiger partial charge in [0.2, 0.25) is 17.6 Å². The lowest BCUT2D eigenvalue weighted by atomic mass is 10.2. The molecule has 1 amide bonds. The third kappa shape index (κ3) is 4.51. The normalized spacial score (nSPS) is 12.4. The lowest BCUT2D eigenvalue weighted by Crippen LogP contribution is -2.42. The Bertz CT molecular complexity index is 1110. The number of methoxy groups -OCH3 is 1. The summed E-state index contributed by atoms with van der Waals surface area (Å²) in [6, 6.07) is 16.0. The third-order valence-corrected chi connectivity index (χ3v) is 6.61. The molecule has 1 aromatic heterocycles. The Morgan fingerprint density at radius 2 is 1.80 bits per heavy atom. The molecule has 0 unspecified atom stereocenters. The molecule has 3 aromatic rings. The number of hydrogen-bond donors (Lipinski definition) is 0. The molecule has 0 N–H and O–H groups in total. The van der Waals surface area contributed by atoms with Crippen LogP contribution in [0.4, 0.5) is 5.69 Å². The number of sulfone groups is 1. The van der Waals surface area contributed by atoms with Crippen LogP contribution < -0.4 is 9.64 Å². The van der Waals surface area contributed by atoms with E-state index in [2.05, 4.69) is 10.1 Å². The van der Waals surface area contributed by atoms with E-state index in [9.17, 15) is 13.2 Å². The summed E-state index contributed by atoms with van der Waals surface area (Å²) in [6.07, 6.45) is 0. The number of rotatable bonds is 8. The molecule has 158 valence electrons. The number of carbonyl (C=O) groups is 1. The molecule has 0 saturated carbocycles. The van der Waals surface area contributed by atoms with Crippen LogP contribution in [0.15, 0.2) is 59.1 Å². The van der Waals surface area contributed by atoms with Crippen LogP contribution in [0.5, 0.6) is 5.75 Å². The molecular formula is C21H23N3O5S. The third-order valence-electron chi connectivity index (χ3n) is 4.68. The monoisotopic (exact) mass is 429 g/mol. The predicted octanol–water partition coefficient (Wildman–Crippen LogP) is 3.10. The number of carbonyl (C=O) groups excluding carboxylic acids is 1. The molecule has 8 nitrogen and oxygen atoms in total. The van der Waals surface area contributed by atoms with E-state index in [1.807, 2.05) is 6.07 Å². The molecule has 2 aromatic carbocycles. The largest absolute Gasteiger partial charge is 0.496 e. The van der Waals surface area contributed by atoms with Crippen molar-refractivity contribution in [1.82, 2.24) is 10.1 Å². The number of para-hydroxylation sites is 2. The minimum Gasteiger partial charge on any atom is -0.496 e. The van der Waals surface area contributed by atoms with Crippen molar-refractivity contribution < 1.29 is 22.5 Å². The summed E-state index contributed by atoms with van der Waals surface area (Å²) in [5.41, 5.74) is 1.22. The van der Waals surface area contributed by atoms with Gasteiger partial charge < -0.3 is 14.2 Å². The summed E-state index contributed by atoms with van der Waals surface area (Å²) >= 11 is 0. The highest BCUT2D eigenvalue weighted by atomic mass is 32.2. The van der Waals surface area contributed by atoms with Crippen LogP contribution in [0, 0.1) is 0 Å². The van der Waals surface area contributed by atoms with Crippen molar-refractivity contribution in [2.45, 2.75) is 24.9 Å². The van der Waals surface area contributed by atoms with Gasteiger partial charge in [-0.15, -0.1) is 0 Å². The number of anilines is 1. The molecule has 0 fully saturated rings. The van der Waals surface area contributed by atoms with Gasteiger partial charge in [0, 0.05) is 12.2 Å². The summed E-state index contributed by atoms with van der Waals surface area (Å²) in [6.45, 7) is 3.52. The number of hydrogen-bond acceptors (Lipinski definition) is 7. The zero-order chi connectivity index (χ0) is 21.7. The van der Waals surface area contributed by atoms with Crippen LogP contribution in [0.2, 0.25) is 0 Å². The maximum atomic E-state index is 12.9. The smallest absolute Gasteiger partial charge is 0.245 e. The van der Waals surface area contributed by atoms with Crippen molar-refractivity contribution in [1.29, 1.82) is 0 Å². The van der Waals surface area contributed by atoms with Gasteiger partial charge in [0.15, 0.2) is 9.84 Å². The molecule has 30 heavy (non-hydrogen) atoms. The highest BCUT2D eigenvalue weighted by Crippen LogP contribution is 2.27. The molecule has 0 radical (unpaired) electrons. The summed E-state index contributed by atoms with van der Waals surface area (Å²) in [7, 11) is -2.36. The molecule has 3 rings (SSSR count). The van der Waals surface area contributed by atoms with Gasteiger partial charge in [-0.25, -0.2) is 8.42 Å². The summed E-state index contributed by atoms with van der Waals surface area (Å²) < 4.78 is 36.1. The van der Waals surface area contributed by atoms with E-state index < -0.39 is 26.7 Å². The van der Waals surface area contributed by atoms with E-state index in [-0.39, 0.29) is 11.7 Å². The van der Waals surface area contributed by atoms with Gasteiger partial charge in [-0.2, -0.15) is 4.98 Å². The molecular weight excluding hydrogens is 406 g/mol. The Labute approximate surface area is 175 Å². The Morgan fingerprint density at radius 3 is 2.47 bits per heavy atom. The van der Waals surface area contributed by atoms with Gasteiger partial charge >= 0.3 is 0 Å². The van der Waals surface area contributed by atoms with Crippen molar-refractivity contribution >= 4 is 21.4 Å². The van der Waals surface area contributed by atoms with Crippen molar-refractivity contribution in [3.63, 3.8) is 0 Å². The fourth-order valence-corrected chi connectivity index (χ4v) is 4.14. The molecule has 0 bridgehead atoms. The number of amides is 1. The standard InChI is InChI=1S/C21H23N3O5S/c1-4-24(16-10-6-5-7-11-16)21(25)15(2)30(26,27)14-19-22-20(23-29-19)17-12-8-9-13-18(17)28-3/h5-13,15H,4,14H2,1-3H3/t15-/m1/s1. The molecule has 0 spiro atoms. The molecule has 0 aliphatic rings. The van der Waals surface area contributed by atoms with E-state index in [1.54, 1.807) is 55.5 Å². The van der Waals surface area contributed by atoms with Gasteiger partial charge in [-0.1, -0.05) is 35.5 Å². The first-order chi connectivity index (χ1) is 14.4. The summed E-state index contributed by atoms with van der Waals surface area (Å²) in [5.74, 6) is -0.366. The van der Waals surface area contributed by atoms with E-state index in [0.717, 1.165) is 0 Å². The average Bonchev–Trinajstić information content (AvgIpc) is 3.21. The zero-order valence-corrected chi connectivity index (χ0v) is 17.8. The topological polar surface area (TPSA) is 103 Å². The van der Waals surface area contributed by atoms with Crippen molar-refractivity contribution in [3.05, 3.63) is 60.5 Å². The second kappa shape index (κ2) is 9.08. The Hall–Kier alpha value is -3.20. The fourth-order valence-electron chi connectivity index (χ4n) is 3.00. The maximum absolute atomic E-state index is 12.9. The minimum atomic E-state index is -3.88. The Kier molecular flexibility index (Phi) is 6.51. The van der Waals surface area contributed by atoms with Crippen LogP contribution >= 0.6 is 0 Å². The first kappa shape index (κ1) is 21.5. The molecule has 1 heterocycles. The van der Waals surface area contributed by atoms with Crippen molar-refractivity contribution in [2.24, 2.45) is 0 Å². The van der Waals surface area contributed by atoms with Crippen molar-refractivity contribution in [2.75, 3.05) is 18.6 Å². The second-order valence-corrected chi connectivity index (χ2v) is 8.90. The van der Waals surface area contributed by atoms with E-state index in [0.29, 0.717) is 23.5 Å². The lowest BCUT2D eigenvalue weighted by molar-refractivity contribution is -0.117. The lowest BCUT2D eigenvalue weighted by Gasteiger charge is -2.24. The van der Waals surface area contributed by atoms with Crippen LogP contribution in [-0.2, 0) is 20.4 Å². The fraction of sp³-hybridized carbons (Fsp3) is 0.286. The van der Waals surface area contributed by atoms with Crippen LogP contribution in [0.1, 0.15) is 19.7 Å². The van der Waals surface area contributed by atoms with Crippen molar-refractivity contribution in [3.8, 4) is 17.1 Å². The number of nitrogens with zero attached hydrogens (tertiary/aromatic N) is 3. The number of benzene rings is 2. The summed E-state index contributed by atoms with van der Waals surface area (Å²) in [4.78, 5) is 18.5. The predicted molar refractivity (Wildman–Crippen MR) is 113 cm³/mol. The molecule has 0 aliphatic heterocycles. The SMILES string of the molecule is CCN(C(=O)[C@@H](C)S(=O)(=O)Cc1nc(-c2ccccc2OC)no1)c1ccccc1. The quantitative estimate of drug-likeness (QED) is 0.542. The van der Waals surface area contributed by atoms with Gasteiger partial charge in [-0.3, -0.25) is 4.79 Å². The molecule has 0 saturated heterocycles. The average molecular weight is 429 g/mol. The van der Waals surface area contributed by atoms with E-state index in [4.69, 9.17) is 9.26 Å². The van der Waals surface area contributed by atoms with Crippen LogP contribution in [0.3, 0.4) is 0 Å². The Balaban J connectivity index is 1.79. The molecule has 1 atom stereocenters. The first-order valence-electron chi connectivity index (χ1n) is 9.41. The molecule has 0 aliphatic carbocycles. The minimum absolute atomic E-state index is 0.0849. The van der Waals surface area contributed by atoms with E-state index in [1.165, 1.54) is 18.9 Å². The van der Waals surface area contributed by atoms with E-state index >= 15 is 0 Å². The second-order valence-electron chi connectivity index (χ2n) is 6.58. The van der Waals surface area contributed by atoms with Gasteiger partial charge in [-0.05, 0) is 38.1 Å². The molecule has 9 heteroatoms. The van der Waals surface area contributed by atoms with Crippen LogP contribution in [-0.4, -0.2) is 43.4 Å². The van der Waals surface area contributed by atoms with Gasteiger partial charge in [0.25, 0.3) is 0 Å². The number of aromatic nitrogens is 2. The van der Waals surface area contributed by atoms with Gasteiger partial charge in [0.05, 0.1) is 12.7 Å². The van der Waals surface area contributed by atoms with Crippen LogP contribution in [0.25, 0.3) is 11.4 Å². The highest BCUT2D eigenvalue weighted by Gasteiger charge is 2.33.